The second-order valence-corrected chi connectivity index (χ2v) is 5.01. The molecule has 1 aromatic heterocycles. The van der Waals surface area contributed by atoms with E-state index in [1.54, 1.807) is 16.3 Å². The van der Waals surface area contributed by atoms with Crippen LogP contribution in [-0.2, 0) is 0 Å². The van der Waals surface area contributed by atoms with Gasteiger partial charge in [-0.15, -0.1) is 23.7 Å². The van der Waals surface area contributed by atoms with E-state index in [0.717, 1.165) is 19.4 Å². The van der Waals surface area contributed by atoms with E-state index in [0.29, 0.717) is 17.0 Å². The van der Waals surface area contributed by atoms with Crippen molar-refractivity contribution in [2.75, 3.05) is 13.1 Å². The molecule has 0 aliphatic carbocycles. The number of halogens is 1. The van der Waals surface area contributed by atoms with Crippen molar-refractivity contribution in [1.29, 1.82) is 0 Å². The van der Waals surface area contributed by atoms with Crippen LogP contribution in [0.25, 0.3) is 0 Å². The van der Waals surface area contributed by atoms with Crippen LogP contribution in [0.15, 0.2) is 11.4 Å². The second kappa shape index (κ2) is 6.17. The number of likely N-dealkylation sites (tertiary alicyclic amines) is 1. The van der Waals surface area contributed by atoms with Crippen molar-refractivity contribution in [1.82, 2.24) is 4.90 Å². The van der Waals surface area contributed by atoms with Crippen LogP contribution in [0.1, 0.15) is 32.9 Å². The van der Waals surface area contributed by atoms with Gasteiger partial charge in [0.15, 0.2) is 0 Å². The van der Waals surface area contributed by atoms with Gasteiger partial charge in [-0.2, -0.15) is 0 Å². The normalized spacial score (nSPS) is 18.5. The number of rotatable bonds is 3. The highest BCUT2D eigenvalue weighted by atomic mass is 35.5. The summed E-state index contributed by atoms with van der Waals surface area (Å²) in [6.07, 6.45) is 1.94. The van der Waals surface area contributed by atoms with E-state index in [-0.39, 0.29) is 24.4 Å². The fourth-order valence-electron chi connectivity index (χ4n) is 2.07. The van der Waals surface area contributed by atoms with Crippen LogP contribution in [-0.4, -0.2) is 35.8 Å². The van der Waals surface area contributed by atoms with Gasteiger partial charge in [-0.3, -0.25) is 9.59 Å². The van der Waals surface area contributed by atoms with E-state index >= 15 is 0 Å². The van der Waals surface area contributed by atoms with Gasteiger partial charge in [-0.25, -0.2) is 0 Å². The fraction of sp³-hybridized carbons (Fsp3) is 0.455. The minimum absolute atomic E-state index is 0. The van der Waals surface area contributed by atoms with Crippen LogP contribution in [0.2, 0.25) is 0 Å². The summed E-state index contributed by atoms with van der Waals surface area (Å²) < 4.78 is 0. The molecule has 1 aromatic rings. The molecule has 7 heteroatoms. The van der Waals surface area contributed by atoms with Gasteiger partial charge in [-0.05, 0) is 18.9 Å². The number of hydrogen-bond donors (Lipinski definition) is 2. The largest absolute Gasteiger partial charge is 0.366 e. The van der Waals surface area contributed by atoms with Crippen molar-refractivity contribution in [3.63, 3.8) is 0 Å². The average Bonchev–Trinajstić information content (AvgIpc) is 2.96. The molecule has 0 spiro atoms. The molecule has 1 atom stereocenters. The van der Waals surface area contributed by atoms with Crippen LogP contribution in [0.4, 0.5) is 0 Å². The predicted molar refractivity (Wildman–Crippen MR) is 73.2 cm³/mol. The molecular formula is C11H16ClN3O2S. The first-order valence-corrected chi connectivity index (χ1v) is 6.41. The molecule has 0 saturated carbocycles. The third kappa shape index (κ3) is 2.82. The topological polar surface area (TPSA) is 89.4 Å². The van der Waals surface area contributed by atoms with E-state index in [2.05, 4.69) is 0 Å². The smallest absolute Gasteiger partial charge is 0.264 e. The molecule has 2 heterocycles. The second-order valence-electron chi connectivity index (χ2n) is 4.09. The van der Waals surface area contributed by atoms with Gasteiger partial charge in [0.05, 0.1) is 10.4 Å². The minimum atomic E-state index is -0.503. The molecule has 1 fully saturated rings. The van der Waals surface area contributed by atoms with Crippen molar-refractivity contribution in [2.45, 2.75) is 18.9 Å². The van der Waals surface area contributed by atoms with Crippen molar-refractivity contribution in [3.05, 3.63) is 21.9 Å². The van der Waals surface area contributed by atoms with Gasteiger partial charge in [-0.1, -0.05) is 0 Å². The Morgan fingerprint density at radius 3 is 2.78 bits per heavy atom. The maximum absolute atomic E-state index is 12.2. The van der Waals surface area contributed by atoms with Gasteiger partial charge in [0.25, 0.3) is 5.91 Å². The van der Waals surface area contributed by atoms with E-state index in [1.165, 1.54) is 11.3 Å². The lowest BCUT2D eigenvalue weighted by Gasteiger charge is -2.22. The number of hydrogen-bond acceptors (Lipinski definition) is 4. The Morgan fingerprint density at radius 2 is 2.22 bits per heavy atom. The van der Waals surface area contributed by atoms with Gasteiger partial charge >= 0.3 is 0 Å². The summed E-state index contributed by atoms with van der Waals surface area (Å²) >= 11 is 1.25. The molecular weight excluding hydrogens is 274 g/mol. The van der Waals surface area contributed by atoms with E-state index in [4.69, 9.17) is 11.5 Å². The van der Waals surface area contributed by atoms with Crippen molar-refractivity contribution < 1.29 is 9.59 Å². The third-order valence-electron chi connectivity index (χ3n) is 3.00. The molecule has 18 heavy (non-hydrogen) atoms. The van der Waals surface area contributed by atoms with Gasteiger partial charge < -0.3 is 16.4 Å². The third-order valence-corrected chi connectivity index (χ3v) is 3.92. The lowest BCUT2D eigenvalue weighted by molar-refractivity contribution is 0.0746. The van der Waals surface area contributed by atoms with Crippen molar-refractivity contribution in [3.8, 4) is 0 Å². The van der Waals surface area contributed by atoms with Crippen LogP contribution in [0, 0.1) is 0 Å². The molecule has 1 unspecified atom stereocenters. The molecule has 0 aromatic carbocycles. The maximum atomic E-state index is 12.2. The lowest BCUT2D eigenvalue weighted by Crippen LogP contribution is -2.39. The Labute approximate surface area is 116 Å². The van der Waals surface area contributed by atoms with Crippen molar-refractivity contribution >= 4 is 35.6 Å². The predicted octanol–water partition coefficient (Wildman–Crippen LogP) is 0.832. The van der Waals surface area contributed by atoms with Crippen LogP contribution >= 0.6 is 23.7 Å². The minimum Gasteiger partial charge on any atom is -0.366 e. The summed E-state index contributed by atoms with van der Waals surface area (Å²) in [4.78, 5) is 25.5. The number of amides is 2. The maximum Gasteiger partial charge on any atom is 0.264 e. The first-order chi connectivity index (χ1) is 8.13. The molecule has 5 nitrogen and oxygen atoms in total. The van der Waals surface area contributed by atoms with Crippen LogP contribution < -0.4 is 11.5 Å². The molecule has 0 bridgehead atoms. The van der Waals surface area contributed by atoms with Gasteiger partial charge in [0.1, 0.15) is 0 Å². The highest BCUT2D eigenvalue weighted by Crippen LogP contribution is 2.22. The molecule has 2 amide bonds. The summed E-state index contributed by atoms with van der Waals surface area (Å²) in [6.45, 7) is 1.23. The number of thiophene rings is 1. The summed E-state index contributed by atoms with van der Waals surface area (Å²) in [7, 11) is 0. The van der Waals surface area contributed by atoms with E-state index in [1.807, 2.05) is 0 Å². The Bertz CT molecular complexity index is 449. The lowest BCUT2D eigenvalue weighted by atomic mass is 10.2. The van der Waals surface area contributed by atoms with Gasteiger partial charge in [0, 0.05) is 24.5 Å². The zero-order valence-corrected chi connectivity index (χ0v) is 11.4. The fourth-order valence-corrected chi connectivity index (χ4v) is 2.92. The van der Waals surface area contributed by atoms with E-state index < -0.39 is 5.91 Å². The van der Waals surface area contributed by atoms with Crippen LogP contribution in [0.3, 0.4) is 0 Å². The van der Waals surface area contributed by atoms with E-state index in [9.17, 15) is 9.59 Å². The zero-order valence-electron chi connectivity index (χ0n) is 9.80. The number of primary amides is 1. The highest BCUT2D eigenvalue weighted by Gasteiger charge is 2.29. The zero-order chi connectivity index (χ0) is 12.4. The molecule has 100 valence electrons. The Kier molecular flexibility index (Phi) is 5.13. The quantitative estimate of drug-likeness (QED) is 0.864. The number of nitrogens with two attached hydrogens (primary N) is 2. The summed E-state index contributed by atoms with van der Waals surface area (Å²) in [6, 6.07) is 1.68. The summed E-state index contributed by atoms with van der Waals surface area (Å²) in [5.41, 5.74) is 11.2. The summed E-state index contributed by atoms with van der Waals surface area (Å²) in [5.74, 6) is -0.549. The number of nitrogens with zero attached hydrogens (tertiary/aromatic N) is 1. The molecule has 1 aliphatic heterocycles. The first kappa shape index (κ1) is 14.9. The van der Waals surface area contributed by atoms with Crippen LogP contribution in [0.5, 0.6) is 0 Å². The summed E-state index contributed by atoms with van der Waals surface area (Å²) in [5, 5.41) is 1.61. The van der Waals surface area contributed by atoms with Gasteiger partial charge in [0.2, 0.25) is 5.91 Å². The Balaban J connectivity index is 0.00000162. The standard InChI is InChI=1S/C11H15N3O2S.ClH/c12-5-8-2-1-3-14(8)11(16)9-4-7(6-17-9)10(13)15;/h4,6,8H,1-3,5,12H2,(H2,13,15);1H. The Hall–Kier alpha value is -1.11. The molecule has 0 radical (unpaired) electrons. The molecule has 2 rings (SSSR count). The number of carbonyl (C=O) groups excluding carboxylic acids is 2. The SMILES string of the molecule is Cl.NCC1CCCN1C(=O)c1cc(C(N)=O)cs1. The average molecular weight is 290 g/mol. The monoisotopic (exact) mass is 289 g/mol. The van der Waals surface area contributed by atoms with Crippen molar-refractivity contribution in [2.24, 2.45) is 11.5 Å². The first-order valence-electron chi connectivity index (χ1n) is 5.53. The highest BCUT2D eigenvalue weighted by molar-refractivity contribution is 7.12. The number of carbonyl (C=O) groups is 2. The molecule has 1 saturated heterocycles. The molecule has 4 N–H and O–H groups in total. The Morgan fingerprint density at radius 1 is 1.50 bits per heavy atom. The molecule has 1 aliphatic rings.